The Bertz CT molecular complexity index is 308. The van der Waals surface area contributed by atoms with E-state index in [2.05, 4.69) is 0 Å². The first kappa shape index (κ1) is 9.87. The quantitative estimate of drug-likeness (QED) is 0.594. The van der Waals surface area contributed by atoms with Gasteiger partial charge in [0.1, 0.15) is 0 Å². The van der Waals surface area contributed by atoms with Crippen LogP contribution in [-0.2, 0) is 14.3 Å². The molecule has 0 aromatic carbocycles. The Labute approximate surface area is 84.1 Å². The van der Waals surface area contributed by atoms with E-state index >= 15 is 0 Å². The molecule has 1 aliphatic carbocycles. The summed E-state index contributed by atoms with van der Waals surface area (Å²) in [7, 11) is 0. The van der Waals surface area contributed by atoms with Crippen molar-refractivity contribution in [3.8, 4) is 0 Å². The second-order valence-corrected chi connectivity index (χ2v) is 4.83. The van der Waals surface area contributed by atoms with Crippen molar-refractivity contribution in [1.29, 1.82) is 0 Å². The van der Waals surface area contributed by atoms with Gasteiger partial charge in [0, 0.05) is 11.8 Å². The predicted molar refractivity (Wildman–Crippen MR) is 51.5 cm³/mol. The summed E-state index contributed by atoms with van der Waals surface area (Å²) in [6.45, 7) is 7.55. The van der Waals surface area contributed by atoms with Crippen LogP contribution in [0.4, 0.5) is 0 Å². The van der Waals surface area contributed by atoms with Crippen molar-refractivity contribution in [1.82, 2.24) is 0 Å². The molecule has 2 rings (SSSR count). The highest BCUT2D eigenvalue weighted by Crippen LogP contribution is 2.45. The minimum Gasteiger partial charge on any atom is -0.317 e. The molecule has 0 aromatic rings. The Morgan fingerprint density at radius 1 is 1.43 bits per heavy atom. The summed E-state index contributed by atoms with van der Waals surface area (Å²) >= 11 is 0. The van der Waals surface area contributed by atoms with Crippen LogP contribution < -0.4 is 0 Å². The van der Waals surface area contributed by atoms with E-state index in [4.69, 9.17) is 9.47 Å². The zero-order valence-corrected chi connectivity index (χ0v) is 9.09. The average Bonchev–Trinajstić information content (AvgIpc) is 1.97. The molecule has 0 amide bonds. The molecule has 0 atom stereocenters. The minimum absolute atomic E-state index is 0.150. The molecule has 0 saturated carbocycles. The summed E-state index contributed by atoms with van der Waals surface area (Å²) in [5, 5.41) is 0. The molecular formula is C11H16O3. The van der Waals surface area contributed by atoms with Gasteiger partial charge in [0.15, 0.2) is 17.9 Å². The van der Waals surface area contributed by atoms with Crippen LogP contribution in [0.2, 0.25) is 0 Å². The third-order valence-electron chi connectivity index (χ3n) is 2.83. The second kappa shape index (κ2) is 2.67. The SMILES string of the molecule is CC1=CC2(CC(C)(C)C1=O)OC(C)O2. The number of carbonyl (C=O) groups excluding carboxylic acids is 1. The van der Waals surface area contributed by atoms with Crippen LogP contribution in [0.1, 0.15) is 34.1 Å². The molecule has 0 radical (unpaired) electrons. The van der Waals surface area contributed by atoms with Gasteiger partial charge in [0.2, 0.25) is 0 Å². The van der Waals surface area contributed by atoms with E-state index in [1.165, 1.54) is 0 Å². The molecule has 78 valence electrons. The van der Waals surface area contributed by atoms with E-state index in [0.717, 1.165) is 5.57 Å². The fourth-order valence-corrected chi connectivity index (χ4v) is 2.40. The number of carbonyl (C=O) groups is 1. The number of ketones is 1. The molecule has 1 fully saturated rings. The first-order valence-corrected chi connectivity index (χ1v) is 4.95. The van der Waals surface area contributed by atoms with Gasteiger partial charge < -0.3 is 9.47 Å². The van der Waals surface area contributed by atoms with E-state index in [-0.39, 0.29) is 17.5 Å². The number of hydrogen-bond acceptors (Lipinski definition) is 3. The highest BCUT2D eigenvalue weighted by atomic mass is 16.9. The Morgan fingerprint density at radius 2 is 2.00 bits per heavy atom. The maximum atomic E-state index is 11.8. The van der Waals surface area contributed by atoms with Crippen LogP contribution in [0.15, 0.2) is 11.6 Å². The largest absolute Gasteiger partial charge is 0.317 e. The molecule has 0 unspecified atom stereocenters. The first-order valence-electron chi connectivity index (χ1n) is 4.95. The molecule has 1 saturated heterocycles. The van der Waals surface area contributed by atoms with Crippen LogP contribution in [-0.4, -0.2) is 17.9 Å². The smallest absolute Gasteiger partial charge is 0.195 e. The van der Waals surface area contributed by atoms with E-state index in [0.29, 0.717) is 6.42 Å². The summed E-state index contributed by atoms with van der Waals surface area (Å²) < 4.78 is 11.1. The normalized spacial score (nSPS) is 40.7. The third kappa shape index (κ3) is 1.31. The van der Waals surface area contributed by atoms with Crippen LogP contribution in [0.25, 0.3) is 0 Å². The van der Waals surface area contributed by atoms with Gasteiger partial charge in [-0.2, -0.15) is 0 Å². The van der Waals surface area contributed by atoms with Crippen molar-refractivity contribution in [2.24, 2.45) is 5.41 Å². The molecular weight excluding hydrogens is 180 g/mol. The van der Waals surface area contributed by atoms with Crippen molar-refractivity contribution >= 4 is 5.78 Å². The van der Waals surface area contributed by atoms with Gasteiger partial charge in [0.25, 0.3) is 0 Å². The summed E-state index contributed by atoms with van der Waals surface area (Å²) in [4.78, 5) is 11.8. The fourth-order valence-electron chi connectivity index (χ4n) is 2.40. The zero-order chi connectivity index (χ0) is 10.6. The fraction of sp³-hybridized carbons (Fsp3) is 0.727. The van der Waals surface area contributed by atoms with Crippen LogP contribution in [0.3, 0.4) is 0 Å². The Hall–Kier alpha value is -0.670. The van der Waals surface area contributed by atoms with Gasteiger partial charge in [0.05, 0.1) is 0 Å². The van der Waals surface area contributed by atoms with Crippen molar-refractivity contribution in [3.05, 3.63) is 11.6 Å². The maximum absolute atomic E-state index is 11.8. The summed E-state index contributed by atoms with van der Waals surface area (Å²) in [5.74, 6) is -0.434. The predicted octanol–water partition coefficient (Wildman–Crippen LogP) is 2.02. The van der Waals surface area contributed by atoms with Crippen molar-refractivity contribution in [3.63, 3.8) is 0 Å². The van der Waals surface area contributed by atoms with E-state index in [1.54, 1.807) is 6.08 Å². The minimum atomic E-state index is -0.624. The van der Waals surface area contributed by atoms with Gasteiger partial charge in [-0.3, -0.25) is 4.79 Å². The molecule has 1 spiro atoms. The number of hydrogen-bond donors (Lipinski definition) is 0. The van der Waals surface area contributed by atoms with Crippen molar-refractivity contribution in [2.75, 3.05) is 0 Å². The van der Waals surface area contributed by atoms with Crippen molar-refractivity contribution in [2.45, 2.75) is 46.2 Å². The Kier molecular flexibility index (Phi) is 1.88. The van der Waals surface area contributed by atoms with Gasteiger partial charge in [-0.25, -0.2) is 0 Å². The van der Waals surface area contributed by atoms with Gasteiger partial charge in [-0.05, 0) is 25.5 Å². The lowest BCUT2D eigenvalue weighted by atomic mass is 9.73. The van der Waals surface area contributed by atoms with Gasteiger partial charge in [-0.1, -0.05) is 13.8 Å². The van der Waals surface area contributed by atoms with E-state index in [1.807, 2.05) is 27.7 Å². The lowest BCUT2D eigenvalue weighted by Gasteiger charge is -2.50. The Balaban J connectivity index is 2.30. The monoisotopic (exact) mass is 196 g/mol. The molecule has 0 N–H and O–H groups in total. The summed E-state index contributed by atoms with van der Waals surface area (Å²) in [5.41, 5.74) is 0.368. The molecule has 1 heterocycles. The lowest BCUT2D eigenvalue weighted by Crippen LogP contribution is -2.56. The van der Waals surface area contributed by atoms with E-state index in [9.17, 15) is 4.79 Å². The molecule has 0 bridgehead atoms. The summed E-state index contributed by atoms with van der Waals surface area (Å²) in [6.07, 6.45) is 2.27. The number of Topliss-reactive ketones (excluding diaryl/α,β-unsaturated/α-hetero) is 1. The first-order chi connectivity index (χ1) is 6.35. The van der Waals surface area contributed by atoms with Gasteiger partial charge in [-0.15, -0.1) is 0 Å². The number of ether oxygens (including phenoxy) is 2. The third-order valence-corrected chi connectivity index (χ3v) is 2.83. The average molecular weight is 196 g/mol. The van der Waals surface area contributed by atoms with Crippen LogP contribution in [0.5, 0.6) is 0 Å². The molecule has 1 aliphatic heterocycles. The maximum Gasteiger partial charge on any atom is 0.195 e. The molecule has 2 aliphatic rings. The zero-order valence-electron chi connectivity index (χ0n) is 9.09. The summed E-state index contributed by atoms with van der Waals surface area (Å²) in [6, 6.07) is 0. The molecule has 0 aromatic heterocycles. The number of allylic oxidation sites excluding steroid dienone is 1. The van der Waals surface area contributed by atoms with Gasteiger partial charge >= 0.3 is 0 Å². The molecule has 3 nitrogen and oxygen atoms in total. The second-order valence-electron chi connectivity index (χ2n) is 4.83. The van der Waals surface area contributed by atoms with Crippen LogP contribution >= 0.6 is 0 Å². The topological polar surface area (TPSA) is 35.5 Å². The van der Waals surface area contributed by atoms with E-state index < -0.39 is 5.79 Å². The lowest BCUT2D eigenvalue weighted by molar-refractivity contribution is -0.429. The molecule has 14 heavy (non-hydrogen) atoms. The van der Waals surface area contributed by atoms with Crippen LogP contribution in [0, 0.1) is 5.41 Å². The standard InChI is InChI=1S/C11H16O3/c1-7-5-11(13-8(2)14-11)6-10(3,4)9(7)12/h5,8H,6H2,1-4H3. The number of rotatable bonds is 0. The molecule has 3 heteroatoms. The van der Waals surface area contributed by atoms with Crippen molar-refractivity contribution < 1.29 is 14.3 Å². The highest BCUT2D eigenvalue weighted by molar-refractivity contribution is 6.00. The Morgan fingerprint density at radius 3 is 2.43 bits per heavy atom. The highest BCUT2D eigenvalue weighted by Gasteiger charge is 2.52.